The molecule has 106 valence electrons. The second-order valence-electron chi connectivity index (χ2n) is 4.79. The molecule has 0 aromatic heterocycles. The Labute approximate surface area is 112 Å². The molecule has 0 heterocycles. The lowest BCUT2D eigenvalue weighted by molar-refractivity contribution is -0.144. The highest BCUT2D eigenvalue weighted by Crippen LogP contribution is 2.10. The van der Waals surface area contributed by atoms with Crippen molar-refractivity contribution < 1.29 is 9.53 Å². The van der Waals surface area contributed by atoms with Gasteiger partial charge in [-0.1, -0.05) is 70.9 Å². The van der Waals surface area contributed by atoms with E-state index in [9.17, 15) is 4.79 Å². The van der Waals surface area contributed by atoms with E-state index in [4.69, 9.17) is 10.5 Å². The maximum atomic E-state index is 11.3. The van der Waals surface area contributed by atoms with E-state index >= 15 is 0 Å². The molecule has 0 aromatic rings. The molecule has 0 fully saturated rings. The third-order valence-electron chi connectivity index (χ3n) is 3.01. The minimum atomic E-state index is -0.468. The summed E-state index contributed by atoms with van der Waals surface area (Å²) in [6.45, 7) is 5.97. The summed E-state index contributed by atoms with van der Waals surface area (Å²) < 4.78 is 4.89. The quantitative estimate of drug-likeness (QED) is 0.329. The van der Waals surface area contributed by atoms with Gasteiger partial charge in [0.05, 0.1) is 0 Å². The van der Waals surface area contributed by atoms with Gasteiger partial charge in [0.1, 0.15) is 12.6 Å². The van der Waals surface area contributed by atoms with Crippen LogP contribution in [-0.4, -0.2) is 18.6 Å². The molecular formula is C15H29NO2. The largest absolute Gasteiger partial charge is 0.460 e. The van der Waals surface area contributed by atoms with Crippen LogP contribution in [0.15, 0.2) is 12.7 Å². The van der Waals surface area contributed by atoms with Gasteiger partial charge < -0.3 is 10.5 Å². The molecule has 0 aromatic carbocycles. The first-order chi connectivity index (χ1) is 8.72. The van der Waals surface area contributed by atoms with Crippen LogP contribution in [-0.2, 0) is 9.53 Å². The van der Waals surface area contributed by atoms with Crippen molar-refractivity contribution in [3.8, 4) is 0 Å². The standard InChI is InChI=1S/C15H29NO2/c1-3-5-6-7-8-9-10-11-12-14(16)15(17)18-13-4-2/h4,14H,2-3,5-13,16H2,1H3. The minimum Gasteiger partial charge on any atom is -0.460 e. The van der Waals surface area contributed by atoms with Gasteiger partial charge in [-0.15, -0.1) is 0 Å². The van der Waals surface area contributed by atoms with Gasteiger partial charge in [0, 0.05) is 0 Å². The first-order valence-electron chi connectivity index (χ1n) is 7.25. The smallest absolute Gasteiger partial charge is 0.323 e. The number of nitrogens with two attached hydrogens (primary N) is 1. The number of hydrogen-bond donors (Lipinski definition) is 1. The summed E-state index contributed by atoms with van der Waals surface area (Å²) in [4.78, 5) is 11.3. The van der Waals surface area contributed by atoms with E-state index < -0.39 is 6.04 Å². The van der Waals surface area contributed by atoms with Gasteiger partial charge in [0.2, 0.25) is 0 Å². The molecule has 0 rings (SSSR count). The molecule has 0 aliphatic heterocycles. The number of ether oxygens (including phenoxy) is 1. The molecule has 0 amide bonds. The van der Waals surface area contributed by atoms with Crippen LogP contribution in [0.25, 0.3) is 0 Å². The zero-order valence-electron chi connectivity index (χ0n) is 11.8. The Bertz CT molecular complexity index is 217. The molecule has 18 heavy (non-hydrogen) atoms. The van der Waals surface area contributed by atoms with E-state index in [1.165, 1.54) is 38.5 Å². The fourth-order valence-corrected chi connectivity index (χ4v) is 1.86. The van der Waals surface area contributed by atoms with Crippen molar-refractivity contribution in [1.29, 1.82) is 0 Å². The molecule has 0 aliphatic rings. The van der Waals surface area contributed by atoms with Crippen LogP contribution < -0.4 is 5.73 Å². The van der Waals surface area contributed by atoms with Gasteiger partial charge in [-0.25, -0.2) is 0 Å². The van der Waals surface area contributed by atoms with Crippen molar-refractivity contribution in [2.75, 3.05) is 6.61 Å². The Kier molecular flexibility index (Phi) is 12.0. The first-order valence-corrected chi connectivity index (χ1v) is 7.25. The molecule has 3 nitrogen and oxygen atoms in total. The van der Waals surface area contributed by atoms with Crippen molar-refractivity contribution in [3.63, 3.8) is 0 Å². The third kappa shape index (κ3) is 10.3. The molecular weight excluding hydrogens is 226 g/mol. The molecule has 1 unspecified atom stereocenters. The molecule has 2 N–H and O–H groups in total. The summed E-state index contributed by atoms with van der Waals surface area (Å²) in [6.07, 6.45) is 12.3. The Morgan fingerprint density at radius 2 is 1.72 bits per heavy atom. The number of unbranched alkanes of at least 4 members (excludes halogenated alkanes) is 7. The molecule has 0 bridgehead atoms. The molecule has 0 aliphatic carbocycles. The maximum Gasteiger partial charge on any atom is 0.323 e. The second kappa shape index (κ2) is 12.6. The SMILES string of the molecule is C=CCOC(=O)C(N)CCCCCCCCCC. The van der Waals surface area contributed by atoms with E-state index in [0.717, 1.165) is 19.3 Å². The number of carbonyl (C=O) groups excluding carboxylic acids is 1. The number of esters is 1. The molecule has 0 spiro atoms. The first kappa shape index (κ1) is 17.2. The average molecular weight is 255 g/mol. The van der Waals surface area contributed by atoms with Crippen molar-refractivity contribution in [2.45, 2.75) is 70.8 Å². The highest BCUT2D eigenvalue weighted by molar-refractivity contribution is 5.75. The Morgan fingerprint density at radius 3 is 2.28 bits per heavy atom. The van der Waals surface area contributed by atoms with E-state index in [-0.39, 0.29) is 12.6 Å². The number of hydrogen-bond acceptors (Lipinski definition) is 3. The summed E-state index contributed by atoms with van der Waals surface area (Å²) in [5.41, 5.74) is 5.73. The van der Waals surface area contributed by atoms with E-state index in [0.29, 0.717) is 0 Å². The highest BCUT2D eigenvalue weighted by atomic mass is 16.5. The zero-order chi connectivity index (χ0) is 13.6. The fraction of sp³-hybridized carbons (Fsp3) is 0.800. The molecule has 3 heteroatoms. The zero-order valence-corrected chi connectivity index (χ0v) is 11.8. The van der Waals surface area contributed by atoms with Crippen molar-refractivity contribution in [1.82, 2.24) is 0 Å². The minimum absolute atomic E-state index is 0.254. The lowest BCUT2D eigenvalue weighted by atomic mass is 10.1. The van der Waals surface area contributed by atoms with Crippen LogP contribution in [0.4, 0.5) is 0 Å². The van der Waals surface area contributed by atoms with Gasteiger partial charge in [-0.2, -0.15) is 0 Å². The normalized spacial score (nSPS) is 12.1. The van der Waals surface area contributed by atoms with Crippen molar-refractivity contribution in [3.05, 3.63) is 12.7 Å². The summed E-state index contributed by atoms with van der Waals surface area (Å²) in [6, 6.07) is -0.468. The van der Waals surface area contributed by atoms with Gasteiger partial charge in [-0.05, 0) is 6.42 Å². The van der Waals surface area contributed by atoms with Crippen LogP contribution in [0.2, 0.25) is 0 Å². The summed E-state index contributed by atoms with van der Waals surface area (Å²) in [7, 11) is 0. The molecule has 0 saturated carbocycles. The van der Waals surface area contributed by atoms with E-state index in [1.54, 1.807) is 6.08 Å². The third-order valence-corrected chi connectivity index (χ3v) is 3.01. The van der Waals surface area contributed by atoms with Crippen LogP contribution in [0.3, 0.4) is 0 Å². The summed E-state index contributed by atoms with van der Waals surface area (Å²) in [5, 5.41) is 0. The Hall–Kier alpha value is -0.830. The molecule has 1 atom stereocenters. The van der Waals surface area contributed by atoms with Crippen molar-refractivity contribution in [2.24, 2.45) is 5.73 Å². The van der Waals surface area contributed by atoms with Gasteiger partial charge in [0.25, 0.3) is 0 Å². The Balaban J connectivity index is 3.31. The van der Waals surface area contributed by atoms with Crippen LogP contribution in [0.1, 0.15) is 64.7 Å². The molecule has 0 radical (unpaired) electrons. The number of rotatable bonds is 12. The van der Waals surface area contributed by atoms with Crippen LogP contribution >= 0.6 is 0 Å². The summed E-state index contributed by atoms with van der Waals surface area (Å²) in [5.74, 6) is -0.308. The highest BCUT2D eigenvalue weighted by Gasteiger charge is 2.13. The van der Waals surface area contributed by atoms with E-state index in [2.05, 4.69) is 13.5 Å². The van der Waals surface area contributed by atoms with Gasteiger partial charge in [-0.3, -0.25) is 4.79 Å². The lowest BCUT2D eigenvalue weighted by Gasteiger charge is -2.10. The van der Waals surface area contributed by atoms with Crippen molar-refractivity contribution >= 4 is 5.97 Å². The molecule has 0 saturated heterocycles. The predicted octanol–water partition coefficient (Wildman–Crippen LogP) is 3.57. The van der Waals surface area contributed by atoms with Gasteiger partial charge in [0.15, 0.2) is 0 Å². The van der Waals surface area contributed by atoms with Gasteiger partial charge >= 0.3 is 5.97 Å². The Morgan fingerprint density at radius 1 is 1.17 bits per heavy atom. The topological polar surface area (TPSA) is 52.3 Å². The average Bonchev–Trinajstić information content (AvgIpc) is 2.38. The monoisotopic (exact) mass is 255 g/mol. The lowest BCUT2D eigenvalue weighted by Crippen LogP contribution is -2.32. The predicted molar refractivity (Wildman–Crippen MR) is 76.4 cm³/mol. The van der Waals surface area contributed by atoms with Crippen LogP contribution in [0, 0.1) is 0 Å². The van der Waals surface area contributed by atoms with E-state index in [1.807, 2.05) is 0 Å². The van der Waals surface area contributed by atoms with Crippen LogP contribution in [0.5, 0.6) is 0 Å². The number of carbonyl (C=O) groups is 1. The second-order valence-corrected chi connectivity index (χ2v) is 4.79. The summed E-state index contributed by atoms with van der Waals surface area (Å²) >= 11 is 0. The fourth-order valence-electron chi connectivity index (χ4n) is 1.86. The maximum absolute atomic E-state index is 11.3.